The summed E-state index contributed by atoms with van der Waals surface area (Å²) in [6.45, 7) is 0. The molecule has 1 atom stereocenters. The molecule has 1 N–H and O–H groups in total. The number of carbonyl (C=O) groups is 1. The molecular formula is C18H16O2S2. The number of allylic oxidation sites excluding steroid dienone is 1. The third-order valence-electron chi connectivity index (χ3n) is 3.59. The fourth-order valence-corrected chi connectivity index (χ4v) is 5.45. The number of benzene rings is 2. The van der Waals surface area contributed by atoms with Crippen LogP contribution in [-0.4, -0.2) is 16.3 Å². The van der Waals surface area contributed by atoms with Gasteiger partial charge < -0.3 is 5.11 Å². The zero-order chi connectivity index (χ0) is 15.4. The maximum atomic E-state index is 11.5. The lowest BCUT2D eigenvalue weighted by atomic mass is 9.99. The molecule has 2 aromatic rings. The highest BCUT2D eigenvalue weighted by Gasteiger charge is 2.32. The van der Waals surface area contributed by atoms with Crippen LogP contribution in [0.15, 0.2) is 71.1 Å². The molecule has 1 heterocycles. The average Bonchev–Trinajstić information content (AvgIpc) is 2.92. The van der Waals surface area contributed by atoms with Crippen LogP contribution in [0.25, 0.3) is 0 Å². The molecule has 22 heavy (non-hydrogen) atoms. The highest BCUT2D eigenvalue weighted by atomic mass is 33.1. The van der Waals surface area contributed by atoms with E-state index in [4.69, 9.17) is 0 Å². The Hall–Kier alpha value is -1.65. The van der Waals surface area contributed by atoms with Crippen molar-refractivity contribution in [2.24, 2.45) is 0 Å². The van der Waals surface area contributed by atoms with Crippen LogP contribution in [0.1, 0.15) is 11.1 Å². The molecule has 1 unspecified atom stereocenters. The van der Waals surface area contributed by atoms with Crippen LogP contribution >= 0.6 is 21.6 Å². The van der Waals surface area contributed by atoms with E-state index < -0.39 is 11.2 Å². The Morgan fingerprint density at radius 2 is 1.45 bits per heavy atom. The largest absolute Gasteiger partial charge is 0.480 e. The van der Waals surface area contributed by atoms with Gasteiger partial charge in [-0.25, -0.2) is 0 Å². The first-order valence-electron chi connectivity index (χ1n) is 7.10. The maximum Gasteiger partial charge on any atom is 0.321 e. The number of rotatable bonds is 5. The first kappa shape index (κ1) is 15.3. The smallest absolute Gasteiger partial charge is 0.321 e. The van der Waals surface area contributed by atoms with Crippen molar-refractivity contribution in [2.75, 3.05) is 0 Å². The van der Waals surface area contributed by atoms with Gasteiger partial charge in [0.05, 0.1) is 0 Å². The molecule has 4 heteroatoms. The Bertz CT molecular complexity index is 681. The molecular weight excluding hydrogens is 312 g/mol. The highest BCUT2D eigenvalue weighted by Crippen LogP contribution is 2.49. The summed E-state index contributed by atoms with van der Waals surface area (Å²) in [7, 11) is 3.06. The Kier molecular flexibility index (Phi) is 4.90. The van der Waals surface area contributed by atoms with Crippen molar-refractivity contribution >= 4 is 27.6 Å². The van der Waals surface area contributed by atoms with Gasteiger partial charge in [-0.2, -0.15) is 0 Å². The van der Waals surface area contributed by atoms with E-state index >= 15 is 0 Å². The van der Waals surface area contributed by atoms with Crippen molar-refractivity contribution in [1.29, 1.82) is 0 Å². The summed E-state index contributed by atoms with van der Waals surface area (Å²) in [5.41, 5.74) is 3.43. The van der Waals surface area contributed by atoms with Crippen LogP contribution in [0, 0.1) is 0 Å². The zero-order valence-electron chi connectivity index (χ0n) is 11.9. The second kappa shape index (κ2) is 7.07. The van der Waals surface area contributed by atoms with Gasteiger partial charge in [0.2, 0.25) is 0 Å². The van der Waals surface area contributed by atoms with E-state index in [0.717, 1.165) is 17.6 Å². The zero-order valence-corrected chi connectivity index (χ0v) is 13.6. The summed E-state index contributed by atoms with van der Waals surface area (Å²) in [6.07, 6.45) is 1.52. The van der Waals surface area contributed by atoms with Gasteiger partial charge in [0, 0.05) is 11.3 Å². The number of hydrogen-bond donors (Lipinski definition) is 1. The lowest BCUT2D eigenvalue weighted by Crippen LogP contribution is -2.18. The lowest BCUT2D eigenvalue weighted by molar-refractivity contribution is -0.135. The number of carboxylic acids is 1. The van der Waals surface area contributed by atoms with E-state index in [1.165, 1.54) is 21.3 Å². The topological polar surface area (TPSA) is 37.3 Å². The normalized spacial score (nSPS) is 17.7. The molecule has 1 aliphatic rings. The van der Waals surface area contributed by atoms with Crippen molar-refractivity contribution in [3.8, 4) is 0 Å². The first-order chi connectivity index (χ1) is 10.7. The van der Waals surface area contributed by atoms with Crippen molar-refractivity contribution in [1.82, 2.24) is 0 Å². The van der Waals surface area contributed by atoms with E-state index in [9.17, 15) is 9.90 Å². The Labute approximate surface area is 138 Å². The molecule has 0 fully saturated rings. The molecule has 0 aromatic heterocycles. The molecule has 0 bridgehead atoms. The summed E-state index contributed by atoms with van der Waals surface area (Å²) >= 11 is 0. The van der Waals surface area contributed by atoms with E-state index in [0.29, 0.717) is 6.42 Å². The average molecular weight is 328 g/mol. The van der Waals surface area contributed by atoms with Crippen LogP contribution in [-0.2, 0) is 17.6 Å². The molecule has 2 aromatic carbocycles. The van der Waals surface area contributed by atoms with E-state index in [1.54, 1.807) is 10.8 Å². The summed E-state index contributed by atoms with van der Waals surface area (Å²) in [5, 5.41) is 9.04. The van der Waals surface area contributed by atoms with Gasteiger partial charge in [-0.3, -0.25) is 4.79 Å². The minimum Gasteiger partial charge on any atom is -0.480 e. The summed E-state index contributed by atoms with van der Waals surface area (Å²) in [4.78, 5) is 12.7. The van der Waals surface area contributed by atoms with E-state index in [1.807, 2.05) is 36.4 Å². The molecule has 1 aliphatic heterocycles. The second-order valence-corrected chi connectivity index (χ2v) is 7.57. The van der Waals surface area contributed by atoms with Crippen molar-refractivity contribution < 1.29 is 9.90 Å². The van der Waals surface area contributed by atoms with Crippen molar-refractivity contribution in [3.63, 3.8) is 0 Å². The predicted octanol–water partition coefficient (Wildman–Crippen LogP) is 4.57. The molecule has 3 rings (SSSR count). The van der Waals surface area contributed by atoms with Crippen LogP contribution < -0.4 is 0 Å². The van der Waals surface area contributed by atoms with Gasteiger partial charge in [-0.1, -0.05) is 82.3 Å². The lowest BCUT2D eigenvalue weighted by Gasteiger charge is -2.11. The Morgan fingerprint density at radius 3 is 2.00 bits per heavy atom. The fourth-order valence-electron chi connectivity index (χ4n) is 2.49. The molecule has 0 spiro atoms. The molecule has 112 valence electrons. The Morgan fingerprint density at radius 1 is 0.909 bits per heavy atom. The number of hydrogen-bond acceptors (Lipinski definition) is 3. The van der Waals surface area contributed by atoms with Gasteiger partial charge >= 0.3 is 5.97 Å². The van der Waals surface area contributed by atoms with Crippen LogP contribution in [0.3, 0.4) is 0 Å². The third kappa shape index (κ3) is 3.57. The number of carboxylic acid groups (broad SMARTS) is 1. The molecule has 0 saturated carbocycles. The predicted molar refractivity (Wildman–Crippen MR) is 93.9 cm³/mol. The third-order valence-corrected chi connectivity index (χ3v) is 6.44. The van der Waals surface area contributed by atoms with Gasteiger partial charge in [0.25, 0.3) is 0 Å². The number of aliphatic carboxylic acids is 1. The molecule has 0 aliphatic carbocycles. The van der Waals surface area contributed by atoms with E-state index in [2.05, 4.69) is 24.3 Å². The summed E-state index contributed by atoms with van der Waals surface area (Å²) in [5.74, 6) is -0.744. The van der Waals surface area contributed by atoms with E-state index in [-0.39, 0.29) is 0 Å². The van der Waals surface area contributed by atoms with Crippen molar-refractivity contribution in [2.45, 2.75) is 18.1 Å². The molecule has 0 saturated heterocycles. The molecule has 0 radical (unpaired) electrons. The second-order valence-electron chi connectivity index (χ2n) is 5.17. The van der Waals surface area contributed by atoms with Gasteiger partial charge in [0.1, 0.15) is 5.25 Å². The monoisotopic (exact) mass is 328 g/mol. The van der Waals surface area contributed by atoms with Gasteiger partial charge in [0.15, 0.2) is 0 Å². The Balaban J connectivity index is 1.89. The van der Waals surface area contributed by atoms with Crippen LogP contribution in [0.5, 0.6) is 0 Å². The summed E-state index contributed by atoms with van der Waals surface area (Å²) in [6, 6.07) is 20.3. The standard InChI is InChI=1S/C18H16O2S2/c19-18(20)17-15(11-13-7-3-1-4-8-13)16(21-22-17)12-14-9-5-2-6-10-14/h1-10,17H,11-12H2,(H,19,20). The van der Waals surface area contributed by atoms with Crippen molar-refractivity contribution in [3.05, 3.63) is 82.3 Å². The quantitative estimate of drug-likeness (QED) is 0.816. The highest BCUT2D eigenvalue weighted by molar-refractivity contribution is 8.79. The molecule has 0 amide bonds. The fraction of sp³-hybridized carbons (Fsp3) is 0.167. The maximum absolute atomic E-state index is 11.5. The van der Waals surface area contributed by atoms with Gasteiger partial charge in [-0.05, 0) is 23.1 Å². The minimum atomic E-state index is -0.744. The van der Waals surface area contributed by atoms with Gasteiger partial charge in [-0.15, -0.1) is 0 Å². The summed E-state index contributed by atoms with van der Waals surface area (Å²) < 4.78 is 0. The minimum absolute atomic E-state index is 0.441. The first-order valence-corrected chi connectivity index (χ1v) is 9.31. The van der Waals surface area contributed by atoms with Crippen LogP contribution in [0.4, 0.5) is 0 Å². The van der Waals surface area contributed by atoms with Crippen LogP contribution in [0.2, 0.25) is 0 Å². The molecule has 2 nitrogen and oxygen atoms in total. The SMILES string of the molecule is O=C(O)C1SSC(Cc2ccccc2)=C1Cc1ccccc1.